The first-order valence-electron chi connectivity index (χ1n) is 10.1. The zero-order valence-corrected chi connectivity index (χ0v) is 16.6. The van der Waals surface area contributed by atoms with E-state index in [0.717, 1.165) is 36.1 Å². The number of hydrogen-bond acceptors (Lipinski definition) is 5. The minimum atomic E-state index is -2.58. The number of rotatable bonds is 5. The average molecular weight is 411 g/mol. The van der Waals surface area contributed by atoms with E-state index in [9.17, 15) is 8.78 Å². The molecule has 7 nitrogen and oxygen atoms in total. The maximum absolute atomic E-state index is 13.2. The standard InChI is InChI=1S/C21H23F2N7/c1-29-6-4-13(5-7-29)8-26-21-27-10-16-15(9-25-20(16)28-21)14-2-3-18-24-11-17(19(22)23)30(18)12-14/h2-3,9-13,19H,4-8H2,1H3,(H2,25,26,27,28). The number of alkyl halides is 2. The number of aromatic nitrogens is 5. The fourth-order valence-corrected chi connectivity index (χ4v) is 4.05. The largest absolute Gasteiger partial charge is 0.354 e. The van der Waals surface area contributed by atoms with Crippen LogP contribution in [0.15, 0.2) is 36.9 Å². The van der Waals surface area contributed by atoms with E-state index < -0.39 is 6.43 Å². The highest BCUT2D eigenvalue weighted by Gasteiger charge is 2.18. The Labute approximate surface area is 172 Å². The van der Waals surface area contributed by atoms with E-state index in [-0.39, 0.29) is 5.69 Å². The van der Waals surface area contributed by atoms with Crippen molar-refractivity contribution in [2.45, 2.75) is 19.3 Å². The molecule has 0 atom stereocenters. The topological polar surface area (TPSA) is 74.1 Å². The van der Waals surface area contributed by atoms with Gasteiger partial charge >= 0.3 is 0 Å². The average Bonchev–Trinajstić information content (AvgIpc) is 3.36. The number of imidazole rings is 1. The maximum atomic E-state index is 13.2. The molecule has 30 heavy (non-hydrogen) atoms. The van der Waals surface area contributed by atoms with Gasteiger partial charge in [-0.15, -0.1) is 0 Å². The van der Waals surface area contributed by atoms with Gasteiger partial charge < -0.3 is 15.2 Å². The number of halogens is 2. The number of aromatic amines is 1. The highest BCUT2D eigenvalue weighted by Crippen LogP contribution is 2.29. The third-order valence-corrected chi connectivity index (χ3v) is 5.89. The summed E-state index contributed by atoms with van der Waals surface area (Å²) in [6, 6.07) is 3.60. The van der Waals surface area contributed by atoms with Gasteiger partial charge in [0.15, 0.2) is 0 Å². The molecular weight excluding hydrogens is 388 g/mol. The van der Waals surface area contributed by atoms with Crippen molar-refractivity contribution in [3.8, 4) is 11.1 Å². The number of anilines is 1. The number of pyridine rings is 1. The summed E-state index contributed by atoms with van der Waals surface area (Å²) in [5.41, 5.74) is 2.74. The highest BCUT2D eigenvalue weighted by molar-refractivity contribution is 5.93. The van der Waals surface area contributed by atoms with Gasteiger partial charge in [0, 0.05) is 41.6 Å². The van der Waals surface area contributed by atoms with Gasteiger partial charge in [0.05, 0.1) is 6.20 Å². The zero-order valence-electron chi connectivity index (χ0n) is 16.6. The maximum Gasteiger partial charge on any atom is 0.280 e. The van der Waals surface area contributed by atoms with Crippen LogP contribution in [0.4, 0.5) is 14.7 Å². The molecule has 0 amide bonds. The molecule has 1 fully saturated rings. The molecule has 0 saturated carbocycles. The Kier molecular flexibility index (Phi) is 4.82. The molecule has 0 spiro atoms. The van der Waals surface area contributed by atoms with Crippen molar-refractivity contribution in [3.63, 3.8) is 0 Å². The lowest BCUT2D eigenvalue weighted by Gasteiger charge is -2.28. The number of piperidine rings is 1. The van der Waals surface area contributed by atoms with Crippen LogP contribution >= 0.6 is 0 Å². The second-order valence-corrected chi connectivity index (χ2v) is 7.92. The molecule has 5 heterocycles. The van der Waals surface area contributed by atoms with E-state index in [4.69, 9.17) is 0 Å². The van der Waals surface area contributed by atoms with E-state index in [1.165, 1.54) is 23.4 Å². The van der Waals surface area contributed by atoms with E-state index >= 15 is 0 Å². The first-order valence-corrected chi connectivity index (χ1v) is 10.1. The molecule has 1 aliphatic heterocycles. The van der Waals surface area contributed by atoms with Gasteiger partial charge in [0.25, 0.3) is 6.43 Å². The SMILES string of the molecule is CN1CCC(CNc2ncc3c(-c4ccc5ncc(C(F)F)n5c4)c[nH]c3n2)CC1. The first-order chi connectivity index (χ1) is 14.6. The Morgan fingerprint density at radius 2 is 2.03 bits per heavy atom. The van der Waals surface area contributed by atoms with Crippen LogP contribution in [0.2, 0.25) is 0 Å². The van der Waals surface area contributed by atoms with Crippen LogP contribution in [-0.4, -0.2) is 55.9 Å². The van der Waals surface area contributed by atoms with Gasteiger partial charge in [-0.05, 0) is 51.0 Å². The number of hydrogen-bond donors (Lipinski definition) is 2. The number of likely N-dealkylation sites (tertiary alicyclic amines) is 1. The Hall–Kier alpha value is -3.07. The van der Waals surface area contributed by atoms with Gasteiger partial charge in [-0.25, -0.2) is 18.7 Å². The van der Waals surface area contributed by atoms with E-state index in [1.807, 2.05) is 12.3 Å². The van der Waals surface area contributed by atoms with Crippen molar-refractivity contribution < 1.29 is 8.78 Å². The van der Waals surface area contributed by atoms with Crippen molar-refractivity contribution in [1.29, 1.82) is 0 Å². The summed E-state index contributed by atoms with van der Waals surface area (Å²) in [6.45, 7) is 3.11. The molecule has 0 unspecified atom stereocenters. The van der Waals surface area contributed by atoms with Crippen LogP contribution in [0, 0.1) is 5.92 Å². The molecule has 4 aromatic heterocycles. The summed E-state index contributed by atoms with van der Waals surface area (Å²) in [4.78, 5) is 18.6. The zero-order chi connectivity index (χ0) is 20.7. The summed E-state index contributed by atoms with van der Waals surface area (Å²) in [5.74, 6) is 1.23. The Morgan fingerprint density at radius 1 is 1.20 bits per heavy atom. The lowest BCUT2D eigenvalue weighted by molar-refractivity contribution is 0.145. The second-order valence-electron chi connectivity index (χ2n) is 7.92. The van der Waals surface area contributed by atoms with Crippen molar-refractivity contribution in [2.24, 2.45) is 5.92 Å². The number of H-pyrrole nitrogens is 1. The lowest BCUT2D eigenvalue weighted by Crippen LogP contribution is -2.33. The molecule has 2 N–H and O–H groups in total. The summed E-state index contributed by atoms with van der Waals surface area (Å²) < 4.78 is 27.9. The Balaban J connectivity index is 1.39. The Morgan fingerprint density at radius 3 is 2.83 bits per heavy atom. The summed E-state index contributed by atoms with van der Waals surface area (Å²) in [6.07, 6.45) is 6.27. The minimum absolute atomic E-state index is 0.122. The van der Waals surface area contributed by atoms with Crippen LogP contribution in [-0.2, 0) is 0 Å². The van der Waals surface area contributed by atoms with Crippen LogP contribution in [0.1, 0.15) is 25.0 Å². The molecule has 9 heteroatoms. The molecule has 0 bridgehead atoms. The fourth-order valence-electron chi connectivity index (χ4n) is 4.05. The predicted molar refractivity (Wildman–Crippen MR) is 112 cm³/mol. The second kappa shape index (κ2) is 7.64. The lowest BCUT2D eigenvalue weighted by atomic mass is 9.97. The van der Waals surface area contributed by atoms with Crippen molar-refractivity contribution in [3.05, 3.63) is 42.6 Å². The van der Waals surface area contributed by atoms with Gasteiger partial charge in [-0.1, -0.05) is 0 Å². The van der Waals surface area contributed by atoms with Crippen LogP contribution in [0.5, 0.6) is 0 Å². The highest BCUT2D eigenvalue weighted by atomic mass is 19.3. The molecule has 1 saturated heterocycles. The molecule has 0 aliphatic carbocycles. The van der Waals surface area contributed by atoms with Crippen LogP contribution in [0.25, 0.3) is 27.8 Å². The van der Waals surface area contributed by atoms with Gasteiger partial charge in [-0.3, -0.25) is 4.40 Å². The van der Waals surface area contributed by atoms with Crippen molar-refractivity contribution >= 4 is 22.6 Å². The van der Waals surface area contributed by atoms with Crippen LogP contribution in [0.3, 0.4) is 0 Å². The quantitative estimate of drug-likeness (QED) is 0.520. The molecule has 4 aromatic rings. The van der Waals surface area contributed by atoms with Crippen molar-refractivity contribution in [2.75, 3.05) is 32.0 Å². The minimum Gasteiger partial charge on any atom is -0.354 e. The number of nitrogens with one attached hydrogen (secondary N) is 2. The molecule has 5 rings (SSSR count). The molecule has 156 valence electrons. The predicted octanol–water partition coefficient (Wildman–Crippen LogP) is 3.96. The third-order valence-electron chi connectivity index (χ3n) is 5.89. The van der Waals surface area contributed by atoms with E-state index in [2.05, 4.69) is 37.2 Å². The summed E-state index contributed by atoms with van der Waals surface area (Å²) in [7, 11) is 2.16. The number of fused-ring (bicyclic) bond motifs is 2. The number of nitrogens with zero attached hydrogens (tertiary/aromatic N) is 5. The van der Waals surface area contributed by atoms with E-state index in [1.54, 1.807) is 18.5 Å². The van der Waals surface area contributed by atoms with Crippen LogP contribution < -0.4 is 5.32 Å². The van der Waals surface area contributed by atoms with E-state index in [0.29, 0.717) is 23.2 Å². The Bertz CT molecular complexity index is 1170. The molecule has 0 aromatic carbocycles. The van der Waals surface area contributed by atoms with Gasteiger partial charge in [0.1, 0.15) is 17.0 Å². The smallest absolute Gasteiger partial charge is 0.280 e. The van der Waals surface area contributed by atoms with Crippen molar-refractivity contribution in [1.82, 2.24) is 29.2 Å². The normalized spacial score (nSPS) is 16.1. The van der Waals surface area contributed by atoms with Gasteiger partial charge in [0.2, 0.25) is 5.95 Å². The summed E-state index contributed by atoms with van der Waals surface area (Å²) in [5, 5.41) is 4.20. The molecule has 0 radical (unpaired) electrons. The molecular formula is C21H23F2N7. The van der Waals surface area contributed by atoms with Gasteiger partial charge in [-0.2, -0.15) is 4.98 Å². The fraction of sp³-hybridized carbons (Fsp3) is 0.381. The molecule has 1 aliphatic rings. The first kappa shape index (κ1) is 18.9. The summed E-state index contributed by atoms with van der Waals surface area (Å²) >= 11 is 0. The third kappa shape index (κ3) is 3.49. The monoisotopic (exact) mass is 411 g/mol.